The highest BCUT2D eigenvalue weighted by molar-refractivity contribution is 6.31. The lowest BCUT2D eigenvalue weighted by atomic mass is 10.5. The third-order valence-electron chi connectivity index (χ3n) is 0.402. The number of hydrogen-bond acceptors (Lipinski definition) is 4. The maximum Gasteiger partial charge on any atom is 0.371 e. The van der Waals surface area contributed by atoms with Gasteiger partial charge in [-0.3, -0.25) is 9.59 Å². The van der Waals surface area contributed by atoms with Gasteiger partial charge in [-0.2, -0.15) is 0 Å². The van der Waals surface area contributed by atoms with Crippen LogP contribution < -0.4 is 0 Å². The molecule has 0 unspecified atom stereocenters. The predicted molar refractivity (Wildman–Crippen MR) is 32.0 cm³/mol. The third-order valence-corrected chi connectivity index (χ3v) is 0.402. The monoisotopic (exact) mass is 162 g/mol. The molecule has 6 nitrogen and oxygen atoms in total. The Bertz CT molecular complexity index is 169. The minimum Gasteiger partial charge on any atom is -0.476 e. The second kappa shape index (κ2) is 6.40. The Labute approximate surface area is 61.4 Å². The molecular formula is C5H6O6. The van der Waals surface area contributed by atoms with Crippen molar-refractivity contribution in [1.29, 1.82) is 0 Å². The standard InChI is InChI=1S/C3H4O3.C2H2O3/c1-2(4)3(5)6;3-1-2(4)5/h1H3,(H,5,6);1H,(H,4,5). The topological polar surface area (TPSA) is 109 Å². The van der Waals surface area contributed by atoms with E-state index in [0.717, 1.165) is 6.92 Å². The fourth-order valence-electron chi connectivity index (χ4n) is 0. The summed E-state index contributed by atoms with van der Waals surface area (Å²) >= 11 is 0. The number of carboxylic acids is 2. The van der Waals surface area contributed by atoms with E-state index in [9.17, 15) is 9.59 Å². The van der Waals surface area contributed by atoms with Crippen molar-refractivity contribution >= 4 is 24.0 Å². The molecule has 0 heterocycles. The second-order valence-electron chi connectivity index (χ2n) is 1.32. The van der Waals surface area contributed by atoms with Crippen LogP contribution in [0.15, 0.2) is 0 Å². The Balaban J connectivity index is 0. The molecule has 0 radical (unpaired) electrons. The number of rotatable bonds is 2. The van der Waals surface area contributed by atoms with Gasteiger partial charge in [0.15, 0.2) is 0 Å². The maximum absolute atomic E-state index is 9.54. The molecule has 0 amide bonds. The minimum atomic E-state index is -1.43. The van der Waals surface area contributed by atoms with Gasteiger partial charge in [-0.05, 0) is 0 Å². The van der Waals surface area contributed by atoms with Crippen LogP contribution in [0, 0.1) is 0 Å². The van der Waals surface area contributed by atoms with E-state index in [1.807, 2.05) is 0 Å². The maximum atomic E-state index is 9.54. The van der Waals surface area contributed by atoms with E-state index in [4.69, 9.17) is 19.8 Å². The highest BCUT2D eigenvalue weighted by Gasteiger charge is 1.98. The summed E-state index contributed by atoms with van der Waals surface area (Å²) in [5.41, 5.74) is 0. The van der Waals surface area contributed by atoms with Crippen molar-refractivity contribution in [2.24, 2.45) is 0 Å². The molecule has 6 heteroatoms. The van der Waals surface area contributed by atoms with Gasteiger partial charge in [0.1, 0.15) is 0 Å². The molecule has 0 aliphatic carbocycles. The van der Waals surface area contributed by atoms with Gasteiger partial charge in [0.25, 0.3) is 0 Å². The van der Waals surface area contributed by atoms with Crippen LogP contribution >= 0.6 is 0 Å². The molecule has 0 aliphatic heterocycles. The molecule has 0 aliphatic rings. The molecule has 0 saturated heterocycles. The normalized spacial score (nSPS) is 7.00. The fraction of sp³-hybridized carbons (Fsp3) is 0.200. The number of ketones is 1. The van der Waals surface area contributed by atoms with E-state index in [2.05, 4.69) is 0 Å². The van der Waals surface area contributed by atoms with Crippen molar-refractivity contribution in [3.8, 4) is 0 Å². The highest BCUT2D eigenvalue weighted by Crippen LogP contribution is 1.61. The predicted octanol–water partition coefficient (Wildman–Crippen LogP) is -1.07. The average Bonchev–Trinajstić information content (AvgIpc) is 1.89. The number of aldehydes is 1. The number of aliphatic carboxylic acids is 2. The lowest BCUT2D eigenvalue weighted by Crippen LogP contribution is -2.05. The Hall–Kier alpha value is -1.72. The van der Waals surface area contributed by atoms with Crippen molar-refractivity contribution in [1.82, 2.24) is 0 Å². The van der Waals surface area contributed by atoms with Crippen LogP contribution in [0.2, 0.25) is 0 Å². The van der Waals surface area contributed by atoms with Gasteiger partial charge >= 0.3 is 11.9 Å². The Morgan fingerprint density at radius 2 is 1.36 bits per heavy atom. The van der Waals surface area contributed by atoms with Crippen LogP contribution in [0.3, 0.4) is 0 Å². The summed E-state index contributed by atoms with van der Waals surface area (Å²) in [7, 11) is 0. The van der Waals surface area contributed by atoms with Crippen LogP contribution in [-0.2, 0) is 19.2 Å². The van der Waals surface area contributed by atoms with Gasteiger partial charge in [-0.15, -0.1) is 0 Å². The molecule has 0 bridgehead atoms. The van der Waals surface area contributed by atoms with Gasteiger partial charge in [0.05, 0.1) is 0 Å². The largest absolute Gasteiger partial charge is 0.476 e. The molecule has 0 aromatic rings. The zero-order valence-corrected chi connectivity index (χ0v) is 5.60. The molecule has 0 saturated carbocycles. The molecule has 0 fully saturated rings. The first kappa shape index (κ1) is 12.0. The number of carbonyl (C=O) groups is 4. The Morgan fingerprint density at radius 3 is 1.36 bits per heavy atom. The molecule has 62 valence electrons. The van der Waals surface area contributed by atoms with Crippen LogP contribution in [-0.4, -0.2) is 34.2 Å². The zero-order chi connectivity index (χ0) is 9.44. The van der Waals surface area contributed by atoms with E-state index < -0.39 is 17.7 Å². The quantitative estimate of drug-likeness (QED) is 0.395. The summed E-state index contributed by atoms with van der Waals surface area (Å²) in [5, 5.41) is 15.0. The van der Waals surface area contributed by atoms with Crippen LogP contribution in [0.4, 0.5) is 0 Å². The minimum absolute atomic E-state index is 0.167. The average molecular weight is 162 g/mol. The molecule has 0 aromatic heterocycles. The van der Waals surface area contributed by atoms with E-state index in [-0.39, 0.29) is 6.29 Å². The SMILES string of the molecule is CC(=O)C(=O)O.O=CC(=O)O. The van der Waals surface area contributed by atoms with Gasteiger partial charge in [0.2, 0.25) is 12.1 Å². The third kappa shape index (κ3) is 17.8. The summed E-state index contributed by atoms with van der Waals surface area (Å²) in [6, 6.07) is 0. The smallest absolute Gasteiger partial charge is 0.371 e. The molecule has 0 aromatic carbocycles. The summed E-state index contributed by atoms with van der Waals surface area (Å²) in [5.74, 6) is -3.63. The highest BCUT2D eigenvalue weighted by atomic mass is 16.4. The summed E-state index contributed by atoms with van der Waals surface area (Å²) in [6.07, 6.45) is -0.167. The van der Waals surface area contributed by atoms with Crippen molar-refractivity contribution in [2.75, 3.05) is 0 Å². The van der Waals surface area contributed by atoms with Crippen molar-refractivity contribution < 1.29 is 29.4 Å². The number of carboxylic acid groups (broad SMARTS) is 2. The first-order valence-corrected chi connectivity index (χ1v) is 2.33. The summed E-state index contributed by atoms with van der Waals surface area (Å²) in [6.45, 7) is 1.00. The Morgan fingerprint density at radius 1 is 1.18 bits per heavy atom. The number of carbonyl (C=O) groups excluding carboxylic acids is 2. The number of hydrogen-bond donors (Lipinski definition) is 2. The van der Waals surface area contributed by atoms with Gasteiger partial charge < -0.3 is 10.2 Å². The van der Waals surface area contributed by atoms with E-state index in [0.29, 0.717) is 0 Å². The van der Waals surface area contributed by atoms with Gasteiger partial charge in [-0.1, -0.05) is 0 Å². The molecule has 11 heavy (non-hydrogen) atoms. The van der Waals surface area contributed by atoms with Crippen LogP contribution in [0.1, 0.15) is 6.92 Å². The molecular weight excluding hydrogens is 156 g/mol. The van der Waals surface area contributed by atoms with Gasteiger partial charge in [0, 0.05) is 6.92 Å². The van der Waals surface area contributed by atoms with Crippen molar-refractivity contribution in [3.63, 3.8) is 0 Å². The molecule has 0 atom stereocenters. The molecule has 0 rings (SSSR count). The fourth-order valence-corrected chi connectivity index (χ4v) is 0. The molecule has 2 N–H and O–H groups in total. The van der Waals surface area contributed by atoms with E-state index in [1.54, 1.807) is 0 Å². The zero-order valence-electron chi connectivity index (χ0n) is 5.60. The first-order valence-electron chi connectivity index (χ1n) is 2.33. The van der Waals surface area contributed by atoms with Crippen molar-refractivity contribution in [3.05, 3.63) is 0 Å². The van der Waals surface area contributed by atoms with Crippen LogP contribution in [0.5, 0.6) is 0 Å². The van der Waals surface area contributed by atoms with Crippen LogP contribution in [0.25, 0.3) is 0 Å². The summed E-state index contributed by atoms with van der Waals surface area (Å²) < 4.78 is 0. The Kier molecular flexibility index (Phi) is 6.99. The summed E-state index contributed by atoms with van der Waals surface area (Å²) in [4.78, 5) is 36.8. The number of Topliss-reactive ketones (excluding diaryl/α,β-unsaturated/α-hetero) is 1. The second-order valence-corrected chi connectivity index (χ2v) is 1.32. The lowest BCUT2D eigenvalue weighted by molar-refractivity contribution is -0.148. The molecule has 0 spiro atoms. The first-order chi connectivity index (χ1) is 4.91. The van der Waals surface area contributed by atoms with Crippen molar-refractivity contribution in [2.45, 2.75) is 6.92 Å². The van der Waals surface area contributed by atoms with E-state index in [1.165, 1.54) is 0 Å². The van der Waals surface area contributed by atoms with Gasteiger partial charge in [-0.25, -0.2) is 9.59 Å². The lowest BCUT2D eigenvalue weighted by Gasteiger charge is -1.73. The van der Waals surface area contributed by atoms with E-state index >= 15 is 0 Å².